The summed E-state index contributed by atoms with van der Waals surface area (Å²) in [5.41, 5.74) is 4.62. The van der Waals surface area contributed by atoms with Gasteiger partial charge in [0.2, 0.25) is 11.8 Å². The third-order valence-corrected chi connectivity index (χ3v) is 6.23. The molecule has 1 aliphatic carbocycles. The van der Waals surface area contributed by atoms with Crippen LogP contribution in [0.3, 0.4) is 0 Å². The number of nitrogens with zero attached hydrogens (tertiary/aromatic N) is 2. The van der Waals surface area contributed by atoms with Gasteiger partial charge in [0.15, 0.2) is 0 Å². The van der Waals surface area contributed by atoms with E-state index >= 15 is 0 Å². The first-order chi connectivity index (χ1) is 14.1. The van der Waals surface area contributed by atoms with Gasteiger partial charge < -0.3 is 10.2 Å². The number of aryl methyl sites for hydroxylation is 1. The minimum absolute atomic E-state index is 0.00479. The van der Waals surface area contributed by atoms with Crippen LogP contribution in [0.25, 0.3) is 11.6 Å². The molecule has 6 heteroatoms. The van der Waals surface area contributed by atoms with Gasteiger partial charge in [-0.15, -0.1) is 0 Å². The smallest absolute Gasteiger partial charge is 0.246 e. The van der Waals surface area contributed by atoms with Gasteiger partial charge in [0, 0.05) is 31.8 Å². The molecule has 0 saturated heterocycles. The number of thiophene rings is 1. The lowest BCUT2D eigenvalue weighted by atomic mass is 10.0. The van der Waals surface area contributed by atoms with Crippen molar-refractivity contribution >= 4 is 40.6 Å². The number of amides is 2. The van der Waals surface area contributed by atoms with E-state index in [0.717, 1.165) is 30.5 Å². The van der Waals surface area contributed by atoms with Crippen molar-refractivity contribution < 1.29 is 9.59 Å². The van der Waals surface area contributed by atoms with Crippen LogP contribution in [0, 0.1) is 5.92 Å². The lowest BCUT2D eigenvalue weighted by Gasteiger charge is -2.22. The largest absolute Gasteiger partial charge is 0.339 e. The number of hydrogen-bond acceptors (Lipinski definition) is 4. The highest BCUT2D eigenvalue weighted by atomic mass is 32.1. The zero-order valence-electron chi connectivity index (χ0n) is 16.6. The molecule has 2 aliphatic rings. The predicted molar refractivity (Wildman–Crippen MR) is 117 cm³/mol. The number of pyridine rings is 1. The number of likely N-dealkylation sites (N-methyl/N-ethyl adjacent to an activating group) is 1. The summed E-state index contributed by atoms with van der Waals surface area (Å²) in [5.74, 6) is 1.08. The number of nitrogens with one attached hydrogen (secondary N) is 1. The minimum Gasteiger partial charge on any atom is -0.339 e. The lowest BCUT2D eigenvalue weighted by Crippen LogP contribution is -2.33. The van der Waals surface area contributed by atoms with E-state index in [2.05, 4.69) is 33.2 Å². The number of rotatable bonds is 6. The first-order valence-electron chi connectivity index (χ1n) is 10.1. The molecule has 1 aliphatic heterocycles. The maximum Gasteiger partial charge on any atom is 0.246 e. The van der Waals surface area contributed by atoms with Crippen molar-refractivity contribution in [2.45, 2.75) is 32.6 Å². The second-order valence-corrected chi connectivity index (χ2v) is 8.32. The van der Waals surface area contributed by atoms with Gasteiger partial charge in [-0.2, -0.15) is 11.3 Å². The fourth-order valence-corrected chi connectivity index (χ4v) is 4.60. The molecule has 2 aromatic rings. The van der Waals surface area contributed by atoms with Crippen LogP contribution in [0.4, 0.5) is 5.82 Å². The third kappa shape index (κ3) is 4.65. The van der Waals surface area contributed by atoms with E-state index in [9.17, 15) is 9.59 Å². The summed E-state index contributed by atoms with van der Waals surface area (Å²) in [6.07, 6.45) is 10.8. The molecule has 1 atom stereocenters. The Bertz CT molecular complexity index is 963. The quantitative estimate of drug-likeness (QED) is 0.723. The third-order valence-electron chi connectivity index (χ3n) is 5.55. The highest BCUT2D eigenvalue weighted by molar-refractivity contribution is 7.08. The molecule has 0 spiro atoms. The van der Waals surface area contributed by atoms with Gasteiger partial charge >= 0.3 is 0 Å². The topological polar surface area (TPSA) is 62.3 Å². The highest BCUT2D eigenvalue weighted by Crippen LogP contribution is 2.33. The Labute approximate surface area is 175 Å². The standard InChI is InChI=1S/C23H25N3O2S/c1-2-26(14-17-3-5-18(12-17)20-9-10-29-15-20)22(28)8-4-16-11-19-6-7-21(27)25-23(19)24-13-16/h4,8-13,15,17H,2-3,5-7,14H2,1H3,(H,24,25,27)/b8-4+/t17-/m1/s1. The number of carbonyl (C=O) groups is 2. The minimum atomic E-state index is 0.00479. The molecular formula is C23H25N3O2S. The van der Waals surface area contributed by atoms with Crippen molar-refractivity contribution in [2.24, 2.45) is 5.92 Å². The van der Waals surface area contributed by atoms with Crippen LogP contribution in [0.2, 0.25) is 0 Å². The number of anilines is 1. The highest BCUT2D eigenvalue weighted by Gasteiger charge is 2.21. The fourth-order valence-electron chi connectivity index (χ4n) is 3.92. The molecule has 4 rings (SSSR count). The number of aromatic nitrogens is 1. The summed E-state index contributed by atoms with van der Waals surface area (Å²) in [6, 6.07) is 4.16. The zero-order valence-corrected chi connectivity index (χ0v) is 17.4. The Balaban J connectivity index is 1.38. The fraction of sp³-hybridized carbons (Fsp3) is 0.348. The first-order valence-corrected chi connectivity index (χ1v) is 11.1. The number of fused-ring (bicyclic) bond motifs is 1. The summed E-state index contributed by atoms with van der Waals surface area (Å²) in [6.45, 7) is 3.46. The van der Waals surface area contributed by atoms with Crippen molar-refractivity contribution in [3.05, 3.63) is 57.9 Å². The van der Waals surface area contributed by atoms with Gasteiger partial charge in [-0.05, 0) is 83.3 Å². The Hall–Kier alpha value is -2.73. The number of allylic oxidation sites excluding steroid dienone is 1. The monoisotopic (exact) mass is 407 g/mol. The molecule has 0 bridgehead atoms. The summed E-state index contributed by atoms with van der Waals surface area (Å²) >= 11 is 1.72. The van der Waals surface area contributed by atoms with Crippen LogP contribution in [-0.2, 0) is 16.0 Å². The Morgan fingerprint density at radius 2 is 2.28 bits per heavy atom. The van der Waals surface area contributed by atoms with Crippen LogP contribution in [0.15, 0.2) is 41.2 Å². The molecular weight excluding hydrogens is 382 g/mol. The van der Waals surface area contributed by atoms with Gasteiger partial charge in [0.25, 0.3) is 0 Å². The van der Waals surface area contributed by atoms with Gasteiger partial charge in [0.1, 0.15) is 5.82 Å². The average molecular weight is 408 g/mol. The van der Waals surface area contributed by atoms with Crippen molar-refractivity contribution in [1.29, 1.82) is 0 Å². The van der Waals surface area contributed by atoms with E-state index in [0.29, 0.717) is 31.1 Å². The summed E-state index contributed by atoms with van der Waals surface area (Å²) in [7, 11) is 0. The summed E-state index contributed by atoms with van der Waals surface area (Å²) in [5, 5.41) is 7.08. The van der Waals surface area contributed by atoms with Gasteiger partial charge in [-0.1, -0.05) is 6.08 Å². The first kappa shape index (κ1) is 19.6. The Kier molecular flexibility index (Phi) is 5.90. The Morgan fingerprint density at radius 1 is 1.38 bits per heavy atom. The van der Waals surface area contributed by atoms with E-state index < -0.39 is 0 Å². The van der Waals surface area contributed by atoms with E-state index in [4.69, 9.17) is 0 Å². The molecule has 0 saturated carbocycles. The molecule has 0 aromatic carbocycles. The molecule has 2 aromatic heterocycles. The molecule has 2 amide bonds. The van der Waals surface area contributed by atoms with Crippen molar-refractivity contribution in [3.8, 4) is 0 Å². The van der Waals surface area contributed by atoms with Gasteiger partial charge in [-0.3, -0.25) is 9.59 Å². The van der Waals surface area contributed by atoms with Crippen LogP contribution >= 0.6 is 11.3 Å². The van der Waals surface area contributed by atoms with Gasteiger partial charge in [0.05, 0.1) is 0 Å². The predicted octanol–water partition coefficient (Wildman–Crippen LogP) is 4.38. The maximum absolute atomic E-state index is 12.7. The molecule has 3 heterocycles. The average Bonchev–Trinajstić information content (AvgIpc) is 3.42. The SMILES string of the molecule is CCN(C[C@H]1C=C(c2ccsc2)CC1)C(=O)/C=C/c1cnc2c(c1)CCC(=O)N2. The second kappa shape index (κ2) is 8.74. The van der Waals surface area contributed by atoms with Crippen LogP contribution in [0.5, 0.6) is 0 Å². The molecule has 29 heavy (non-hydrogen) atoms. The van der Waals surface area contributed by atoms with Crippen molar-refractivity contribution in [1.82, 2.24) is 9.88 Å². The normalized spacial score (nSPS) is 18.4. The second-order valence-electron chi connectivity index (χ2n) is 7.54. The summed E-state index contributed by atoms with van der Waals surface area (Å²) < 4.78 is 0. The van der Waals surface area contributed by atoms with E-state index in [-0.39, 0.29) is 11.8 Å². The van der Waals surface area contributed by atoms with Crippen molar-refractivity contribution in [2.75, 3.05) is 18.4 Å². The van der Waals surface area contributed by atoms with Crippen LogP contribution in [0.1, 0.15) is 42.9 Å². The molecule has 0 radical (unpaired) electrons. The van der Waals surface area contributed by atoms with E-state index in [1.165, 1.54) is 11.1 Å². The lowest BCUT2D eigenvalue weighted by molar-refractivity contribution is -0.126. The molecule has 0 fully saturated rings. The van der Waals surface area contributed by atoms with E-state index in [1.807, 2.05) is 24.0 Å². The van der Waals surface area contributed by atoms with Crippen LogP contribution in [-0.4, -0.2) is 34.8 Å². The van der Waals surface area contributed by atoms with Gasteiger partial charge in [-0.25, -0.2) is 4.98 Å². The van der Waals surface area contributed by atoms with E-state index in [1.54, 1.807) is 23.6 Å². The molecule has 150 valence electrons. The summed E-state index contributed by atoms with van der Waals surface area (Å²) in [4.78, 5) is 30.4. The molecule has 0 unspecified atom stereocenters. The maximum atomic E-state index is 12.7. The number of hydrogen-bond donors (Lipinski definition) is 1. The Morgan fingerprint density at radius 3 is 3.07 bits per heavy atom. The number of carbonyl (C=O) groups excluding carboxylic acids is 2. The molecule has 1 N–H and O–H groups in total. The van der Waals surface area contributed by atoms with Crippen LogP contribution < -0.4 is 5.32 Å². The van der Waals surface area contributed by atoms with Crippen molar-refractivity contribution in [3.63, 3.8) is 0 Å². The molecule has 5 nitrogen and oxygen atoms in total. The zero-order chi connectivity index (χ0) is 20.2.